The summed E-state index contributed by atoms with van der Waals surface area (Å²) in [5, 5.41) is 2.79. The molecule has 0 aliphatic carbocycles. The van der Waals surface area contributed by atoms with Crippen LogP contribution in [-0.4, -0.2) is 38.3 Å². The van der Waals surface area contributed by atoms with Crippen LogP contribution < -0.4 is 5.32 Å². The molecule has 1 aromatic rings. The van der Waals surface area contributed by atoms with E-state index in [4.69, 9.17) is 0 Å². The zero-order valence-corrected chi connectivity index (χ0v) is 12.4. The number of nitrogens with zero attached hydrogens (tertiary/aromatic N) is 1. The molecule has 0 radical (unpaired) electrons. The molecule has 2 rings (SSSR count). The zero-order chi connectivity index (χ0) is 14.6. The summed E-state index contributed by atoms with van der Waals surface area (Å²) in [5.41, 5.74) is 0. The Labute approximate surface area is 120 Å². The van der Waals surface area contributed by atoms with Crippen LogP contribution in [0.25, 0.3) is 0 Å². The molecule has 5 nitrogen and oxygen atoms in total. The number of carbonyl (C=O) groups is 1. The third-order valence-corrected chi connectivity index (χ3v) is 5.51. The van der Waals surface area contributed by atoms with Crippen molar-refractivity contribution in [2.75, 3.05) is 19.6 Å². The number of amides is 1. The molecular weight excluding hydrogens is 276 g/mol. The van der Waals surface area contributed by atoms with Gasteiger partial charge in [0.05, 0.1) is 4.90 Å². The number of carbonyl (C=O) groups excluding carboxylic acids is 1. The van der Waals surface area contributed by atoms with Gasteiger partial charge in [0.25, 0.3) is 0 Å². The van der Waals surface area contributed by atoms with Crippen LogP contribution in [0.15, 0.2) is 35.2 Å². The highest BCUT2D eigenvalue weighted by molar-refractivity contribution is 7.89. The van der Waals surface area contributed by atoms with Gasteiger partial charge < -0.3 is 5.32 Å². The highest BCUT2D eigenvalue weighted by Crippen LogP contribution is 2.23. The third kappa shape index (κ3) is 3.58. The van der Waals surface area contributed by atoms with Gasteiger partial charge in [0.15, 0.2) is 0 Å². The van der Waals surface area contributed by atoms with Gasteiger partial charge >= 0.3 is 0 Å². The number of hydrogen-bond donors (Lipinski definition) is 1. The first-order chi connectivity index (χ1) is 9.50. The second-order valence-electron chi connectivity index (χ2n) is 5.10. The Morgan fingerprint density at radius 3 is 2.40 bits per heavy atom. The second kappa shape index (κ2) is 6.37. The molecule has 1 amide bonds. The molecule has 1 aliphatic rings. The predicted octanol–water partition coefficient (Wildman–Crippen LogP) is 1.22. The molecule has 0 atom stereocenters. The average molecular weight is 296 g/mol. The van der Waals surface area contributed by atoms with Crippen LogP contribution in [0, 0.1) is 5.92 Å². The van der Waals surface area contributed by atoms with E-state index in [1.165, 1.54) is 11.2 Å². The lowest BCUT2D eigenvalue weighted by molar-refractivity contribution is -0.119. The van der Waals surface area contributed by atoms with Gasteiger partial charge in [-0.2, -0.15) is 4.31 Å². The summed E-state index contributed by atoms with van der Waals surface area (Å²) in [7, 11) is -3.37. The molecular formula is C14H20N2O3S. The molecule has 0 bridgehead atoms. The normalized spacial score (nSPS) is 17.9. The van der Waals surface area contributed by atoms with E-state index in [-0.39, 0.29) is 5.91 Å². The quantitative estimate of drug-likeness (QED) is 0.908. The first-order valence-corrected chi connectivity index (χ1v) is 8.24. The Kier molecular flexibility index (Phi) is 4.77. The van der Waals surface area contributed by atoms with Gasteiger partial charge in [-0.1, -0.05) is 18.2 Å². The molecule has 6 heteroatoms. The Bertz CT molecular complexity index is 549. The summed E-state index contributed by atoms with van der Waals surface area (Å²) in [5.74, 6) is 0.325. The van der Waals surface area contributed by atoms with E-state index < -0.39 is 10.0 Å². The largest absolute Gasteiger partial charge is 0.356 e. The van der Waals surface area contributed by atoms with Crippen molar-refractivity contribution in [1.82, 2.24) is 9.62 Å². The van der Waals surface area contributed by atoms with Gasteiger partial charge in [0.2, 0.25) is 15.9 Å². The molecule has 1 N–H and O–H groups in total. The summed E-state index contributed by atoms with van der Waals surface area (Å²) in [6.45, 7) is 3.16. The van der Waals surface area contributed by atoms with Crippen LogP contribution in [0.2, 0.25) is 0 Å². The Morgan fingerprint density at radius 1 is 1.25 bits per heavy atom. The topological polar surface area (TPSA) is 66.5 Å². The summed E-state index contributed by atoms with van der Waals surface area (Å²) in [6, 6.07) is 8.52. The van der Waals surface area contributed by atoms with E-state index in [0.29, 0.717) is 30.4 Å². The average Bonchev–Trinajstić information content (AvgIpc) is 2.46. The molecule has 1 heterocycles. The maximum atomic E-state index is 12.4. The standard InChI is InChI=1S/C14H20N2O3S/c1-12(17)15-11-13-7-9-16(10-8-13)20(18,19)14-5-3-2-4-6-14/h2-6,13H,7-11H2,1H3,(H,15,17). The zero-order valence-electron chi connectivity index (χ0n) is 11.6. The van der Waals surface area contributed by atoms with Crippen LogP contribution >= 0.6 is 0 Å². The Morgan fingerprint density at radius 2 is 1.85 bits per heavy atom. The molecule has 1 saturated heterocycles. The van der Waals surface area contributed by atoms with Gasteiger partial charge in [0, 0.05) is 26.6 Å². The maximum absolute atomic E-state index is 12.4. The van der Waals surface area contributed by atoms with E-state index >= 15 is 0 Å². The minimum absolute atomic E-state index is 0.0377. The van der Waals surface area contributed by atoms with E-state index in [1.807, 2.05) is 0 Å². The van der Waals surface area contributed by atoms with Crippen molar-refractivity contribution >= 4 is 15.9 Å². The fraction of sp³-hybridized carbons (Fsp3) is 0.500. The number of nitrogens with one attached hydrogen (secondary N) is 1. The number of piperidine rings is 1. The van der Waals surface area contributed by atoms with Crippen LogP contribution in [0.3, 0.4) is 0 Å². The number of sulfonamides is 1. The smallest absolute Gasteiger partial charge is 0.243 e. The lowest BCUT2D eigenvalue weighted by atomic mass is 9.98. The monoisotopic (exact) mass is 296 g/mol. The molecule has 0 spiro atoms. The van der Waals surface area contributed by atoms with Crippen molar-refractivity contribution in [2.24, 2.45) is 5.92 Å². The fourth-order valence-corrected chi connectivity index (χ4v) is 3.87. The number of hydrogen-bond acceptors (Lipinski definition) is 3. The van der Waals surface area contributed by atoms with Gasteiger partial charge in [-0.3, -0.25) is 4.79 Å². The minimum atomic E-state index is -3.37. The molecule has 0 aromatic heterocycles. The Hall–Kier alpha value is -1.40. The summed E-state index contributed by atoms with van der Waals surface area (Å²) >= 11 is 0. The van der Waals surface area contributed by atoms with Gasteiger partial charge in [-0.15, -0.1) is 0 Å². The van der Waals surface area contributed by atoms with Crippen LogP contribution in [0.5, 0.6) is 0 Å². The molecule has 0 unspecified atom stereocenters. The van der Waals surface area contributed by atoms with Gasteiger partial charge in [0.1, 0.15) is 0 Å². The summed E-state index contributed by atoms with van der Waals surface area (Å²) < 4.78 is 26.4. The van der Waals surface area contributed by atoms with Crippen LogP contribution in [-0.2, 0) is 14.8 Å². The van der Waals surface area contributed by atoms with Crippen molar-refractivity contribution in [3.63, 3.8) is 0 Å². The van der Waals surface area contributed by atoms with Crippen LogP contribution in [0.1, 0.15) is 19.8 Å². The number of rotatable bonds is 4. The highest BCUT2D eigenvalue weighted by atomic mass is 32.2. The van der Waals surface area contributed by atoms with E-state index in [1.54, 1.807) is 30.3 Å². The maximum Gasteiger partial charge on any atom is 0.243 e. The predicted molar refractivity (Wildman–Crippen MR) is 76.6 cm³/mol. The fourth-order valence-electron chi connectivity index (χ4n) is 2.38. The number of benzene rings is 1. The van der Waals surface area contributed by atoms with Crippen molar-refractivity contribution in [2.45, 2.75) is 24.7 Å². The van der Waals surface area contributed by atoms with Gasteiger partial charge in [-0.25, -0.2) is 8.42 Å². The van der Waals surface area contributed by atoms with Crippen molar-refractivity contribution in [1.29, 1.82) is 0 Å². The molecule has 0 saturated carbocycles. The first kappa shape index (κ1) is 15.0. The van der Waals surface area contributed by atoms with E-state index in [9.17, 15) is 13.2 Å². The molecule has 1 fully saturated rings. The lowest BCUT2D eigenvalue weighted by Crippen LogP contribution is -2.41. The molecule has 1 aromatic carbocycles. The highest BCUT2D eigenvalue weighted by Gasteiger charge is 2.29. The minimum Gasteiger partial charge on any atom is -0.356 e. The van der Waals surface area contributed by atoms with Crippen molar-refractivity contribution in [3.8, 4) is 0 Å². The molecule has 1 aliphatic heterocycles. The van der Waals surface area contributed by atoms with Gasteiger partial charge in [-0.05, 0) is 30.9 Å². The summed E-state index contributed by atoms with van der Waals surface area (Å²) in [6.07, 6.45) is 1.57. The van der Waals surface area contributed by atoms with E-state index in [0.717, 1.165) is 12.8 Å². The first-order valence-electron chi connectivity index (χ1n) is 6.80. The SMILES string of the molecule is CC(=O)NCC1CCN(S(=O)(=O)c2ccccc2)CC1. The van der Waals surface area contributed by atoms with Crippen LogP contribution in [0.4, 0.5) is 0 Å². The second-order valence-corrected chi connectivity index (χ2v) is 7.04. The third-order valence-electron chi connectivity index (χ3n) is 3.59. The summed E-state index contributed by atoms with van der Waals surface area (Å²) in [4.78, 5) is 11.2. The van der Waals surface area contributed by atoms with Crippen molar-refractivity contribution in [3.05, 3.63) is 30.3 Å². The van der Waals surface area contributed by atoms with Crippen molar-refractivity contribution < 1.29 is 13.2 Å². The van der Waals surface area contributed by atoms with E-state index in [2.05, 4.69) is 5.32 Å². The molecule has 20 heavy (non-hydrogen) atoms. The molecule has 110 valence electrons. The lowest BCUT2D eigenvalue weighted by Gasteiger charge is -2.31. The Balaban J connectivity index is 1.95.